The van der Waals surface area contributed by atoms with Crippen molar-refractivity contribution in [3.63, 3.8) is 0 Å². The molecule has 2 aromatic carbocycles. The molecule has 0 spiro atoms. The minimum atomic E-state index is 0.727. The summed E-state index contributed by atoms with van der Waals surface area (Å²) >= 11 is 0. The molecule has 18 heavy (non-hydrogen) atoms. The van der Waals surface area contributed by atoms with E-state index in [1.807, 2.05) is 43.4 Å². The number of hydrogen-bond acceptors (Lipinski definition) is 3. The molecule has 0 aliphatic carbocycles. The molecule has 0 radical (unpaired) electrons. The number of anilines is 1. The van der Waals surface area contributed by atoms with Gasteiger partial charge in [-0.15, -0.1) is 0 Å². The number of aromatic nitrogens is 1. The lowest BCUT2D eigenvalue weighted by molar-refractivity contribution is 0.544. The van der Waals surface area contributed by atoms with Crippen LogP contribution in [0.25, 0.3) is 11.1 Å². The molecule has 0 unspecified atom stereocenters. The van der Waals surface area contributed by atoms with Crippen molar-refractivity contribution in [2.75, 3.05) is 12.4 Å². The summed E-state index contributed by atoms with van der Waals surface area (Å²) in [7, 11) is 1.89. The molecule has 3 aromatic rings. The predicted octanol–water partition coefficient (Wildman–Crippen LogP) is 3.46. The lowest BCUT2D eigenvalue weighted by atomic mass is 10.1. The summed E-state index contributed by atoms with van der Waals surface area (Å²) in [5.41, 5.74) is 3.98. The van der Waals surface area contributed by atoms with Crippen molar-refractivity contribution in [3.8, 4) is 0 Å². The van der Waals surface area contributed by atoms with Gasteiger partial charge in [0.05, 0.1) is 0 Å². The second-order valence-electron chi connectivity index (χ2n) is 4.20. The fraction of sp³-hybridized carbons (Fsp3) is 0.133. The molecule has 1 N–H and O–H groups in total. The molecule has 1 aromatic heterocycles. The Bertz CT molecular complexity index is 659. The maximum Gasteiger partial charge on any atom is 0.199 e. The Balaban J connectivity index is 1.94. The molecule has 0 aliphatic heterocycles. The van der Waals surface area contributed by atoms with Crippen molar-refractivity contribution in [1.29, 1.82) is 0 Å². The summed E-state index contributed by atoms with van der Waals surface area (Å²) in [4.78, 5) is 4.51. The lowest BCUT2D eigenvalue weighted by Crippen LogP contribution is -1.87. The molecule has 0 amide bonds. The molecule has 0 bridgehead atoms. The minimum absolute atomic E-state index is 0.727. The zero-order chi connectivity index (χ0) is 12.4. The zero-order valence-corrected chi connectivity index (χ0v) is 10.2. The largest absolute Gasteiger partial charge is 0.440 e. The van der Waals surface area contributed by atoms with Crippen LogP contribution in [0.3, 0.4) is 0 Å². The van der Waals surface area contributed by atoms with Gasteiger partial charge in [0.25, 0.3) is 0 Å². The molecule has 90 valence electrons. The summed E-state index contributed by atoms with van der Waals surface area (Å²) in [6.45, 7) is 0. The fourth-order valence-corrected chi connectivity index (χ4v) is 1.98. The van der Waals surface area contributed by atoms with E-state index in [0.29, 0.717) is 0 Å². The highest BCUT2D eigenvalue weighted by Crippen LogP contribution is 2.21. The van der Waals surface area contributed by atoms with Crippen molar-refractivity contribution in [3.05, 3.63) is 60.0 Å². The first-order chi connectivity index (χ1) is 8.85. The molecule has 0 fully saturated rings. The van der Waals surface area contributed by atoms with Crippen LogP contribution in [-0.4, -0.2) is 12.0 Å². The molecule has 3 nitrogen and oxygen atoms in total. The Labute approximate surface area is 105 Å². The smallest absolute Gasteiger partial charge is 0.199 e. The molecule has 3 heteroatoms. The second kappa shape index (κ2) is 4.53. The number of benzene rings is 2. The third-order valence-corrected chi connectivity index (χ3v) is 2.92. The van der Waals surface area contributed by atoms with E-state index in [9.17, 15) is 0 Å². The predicted molar refractivity (Wildman–Crippen MR) is 72.8 cm³/mol. The van der Waals surface area contributed by atoms with Gasteiger partial charge < -0.3 is 9.73 Å². The highest BCUT2D eigenvalue weighted by molar-refractivity contribution is 5.77. The first kappa shape index (κ1) is 10.8. The van der Waals surface area contributed by atoms with Gasteiger partial charge in [-0.05, 0) is 23.8 Å². The molecular formula is C15H14N2O. The number of hydrogen-bond donors (Lipinski definition) is 1. The first-order valence-corrected chi connectivity index (χ1v) is 5.96. The van der Waals surface area contributed by atoms with Gasteiger partial charge in [0.15, 0.2) is 11.5 Å². The maximum absolute atomic E-state index is 5.73. The van der Waals surface area contributed by atoms with Gasteiger partial charge in [-0.3, -0.25) is 0 Å². The Kier molecular flexibility index (Phi) is 2.73. The number of nitrogens with zero attached hydrogens (tertiary/aromatic N) is 1. The fourth-order valence-electron chi connectivity index (χ4n) is 1.98. The van der Waals surface area contributed by atoms with Gasteiger partial charge in [-0.25, -0.2) is 4.98 Å². The Morgan fingerprint density at radius 2 is 1.94 bits per heavy atom. The maximum atomic E-state index is 5.73. The normalized spacial score (nSPS) is 10.7. The van der Waals surface area contributed by atoms with E-state index in [-0.39, 0.29) is 0 Å². The monoisotopic (exact) mass is 238 g/mol. The molecule has 0 aliphatic rings. The second-order valence-corrected chi connectivity index (χ2v) is 4.20. The van der Waals surface area contributed by atoms with Crippen LogP contribution in [0, 0.1) is 0 Å². The molecule has 0 saturated carbocycles. The average molecular weight is 238 g/mol. The van der Waals surface area contributed by atoms with Gasteiger partial charge >= 0.3 is 0 Å². The van der Waals surface area contributed by atoms with E-state index in [0.717, 1.165) is 29.1 Å². The summed E-state index contributed by atoms with van der Waals surface area (Å²) in [5, 5.41) is 3.10. The van der Waals surface area contributed by atoms with Crippen molar-refractivity contribution in [2.45, 2.75) is 6.42 Å². The standard InChI is InChI=1S/C15H14N2O/c1-16-12-7-8-14-13(10-12)17-15(18-14)9-11-5-3-2-4-6-11/h2-8,10,16H,9H2,1H3. The summed E-state index contributed by atoms with van der Waals surface area (Å²) in [6.07, 6.45) is 0.727. The minimum Gasteiger partial charge on any atom is -0.440 e. The van der Waals surface area contributed by atoms with Gasteiger partial charge in [-0.2, -0.15) is 0 Å². The Morgan fingerprint density at radius 3 is 2.72 bits per heavy atom. The van der Waals surface area contributed by atoms with Gasteiger partial charge in [0.1, 0.15) is 5.52 Å². The third-order valence-electron chi connectivity index (χ3n) is 2.92. The SMILES string of the molecule is CNc1ccc2oc(Cc3ccccc3)nc2c1. The van der Waals surface area contributed by atoms with E-state index >= 15 is 0 Å². The van der Waals surface area contributed by atoms with Gasteiger partial charge in [0, 0.05) is 19.2 Å². The summed E-state index contributed by atoms with van der Waals surface area (Å²) in [6, 6.07) is 16.1. The summed E-state index contributed by atoms with van der Waals surface area (Å²) in [5.74, 6) is 0.754. The van der Waals surface area contributed by atoms with Crippen LogP contribution in [-0.2, 0) is 6.42 Å². The van der Waals surface area contributed by atoms with Crippen LogP contribution in [0.1, 0.15) is 11.5 Å². The number of oxazole rings is 1. The highest BCUT2D eigenvalue weighted by atomic mass is 16.3. The van der Waals surface area contributed by atoms with E-state index in [4.69, 9.17) is 4.42 Å². The number of nitrogens with one attached hydrogen (secondary N) is 1. The summed E-state index contributed by atoms with van der Waals surface area (Å²) < 4.78 is 5.73. The van der Waals surface area contributed by atoms with E-state index in [1.54, 1.807) is 0 Å². The van der Waals surface area contributed by atoms with Crippen LogP contribution < -0.4 is 5.32 Å². The first-order valence-electron chi connectivity index (χ1n) is 5.96. The Hall–Kier alpha value is -2.29. The van der Waals surface area contributed by atoms with Crippen LogP contribution in [0.5, 0.6) is 0 Å². The highest BCUT2D eigenvalue weighted by Gasteiger charge is 2.06. The van der Waals surface area contributed by atoms with Crippen LogP contribution in [0.15, 0.2) is 52.9 Å². The molecule has 1 heterocycles. The zero-order valence-electron chi connectivity index (χ0n) is 10.2. The van der Waals surface area contributed by atoms with Crippen molar-refractivity contribution >= 4 is 16.8 Å². The van der Waals surface area contributed by atoms with E-state index < -0.39 is 0 Å². The molecule has 0 saturated heterocycles. The molecule has 0 atom stereocenters. The molecular weight excluding hydrogens is 224 g/mol. The van der Waals surface area contributed by atoms with Gasteiger partial charge in [-0.1, -0.05) is 30.3 Å². The molecule has 3 rings (SSSR count). The van der Waals surface area contributed by atoms with E-state index in [2.05, 4.69) is 22.4 Å². The number of rotatable bonds is 3. The van der Waals surface area contributed by atoms with Crippen LogP contribution >= 0.6 is 0 Å². The lowest BCUT2D eigenvalue weighted by Gasteiger charge is -1.96. The van der Waals surface area contributed by atoms with Crippen molar-refractivity contribution in [1.82, 2.24) is 4.98 Å². The van der Waals surface area contributed by atoms with Crippen LogP contribution in [0.2, 0.25) is 0 Å². The third kappa shape index (κ3) is 2.07. The quantitative estimate of drug-likeness (QED) is 0.759. The van der Waals surface area contributed by atoms with Crippen molar-refractivity contribution in [2.24, 2.45) is 0 Å². The van der Waals surface area contributed by atoms with Gasteiger partial charge in [0.2, 0.25) is 0 Å². The topological polar surface area (TPSA) is 38.1 Å². The number of fused-ring (bicyclic) bond motifs is 1. The van der Waals surface area contributed by atoms with Crippen molar-refractivity contribution < 1.29 is 4.42 Å². The average Bonchev–Trinajstić information content (AvgIpc) is 2.80. The van der Waals surface area contributed by atoms with Crippen LogP contribution in [0.4, 0.5) is 5.69 Å². The Morgan fingerprint density at radius 1 is 1.11 bits per heavy atom. The van der Waals surface area contributed by atoms with E-state index in [1.165, 1.54) is 5.56 Å².